The Morgan fingerprint density at radius 1 is 1.10 bits per heavy atom. The maximum absolute atomic E-state index is 10.2. The Bertz CT molecular complexity index is 965. The lowest BCUT2D eigenvalue weighted by molar-refractivity contribution is 0.126. The Hall–Kier alpha value is -3.02. The van der Waals surface area contributed by atoms with Gasteiger partial charge in [0.15, 0.2) is 11.0 Å². The average molecular weight is 410 g/mol. The van der Waals surface area contributed by atoms with Crippen molar-refractivity contribution in [1.29, 1.82) is 5.26 Å². The summed E-state index contributed by atoms with van der Waals surface area (Å²) in [7, 11) is 3.53. The zero-order valence-electron chi connectivity index (χ0n) is 16.3. The number of benzene rings is 2. The van der Waals surface area contributed by atoms with E-state index in [4.69, 9.17) is 14.7 Å². The molecule has 150 valence electrons. The van der Waals surface area contributed by atoms with Gasteiger partial charge in [0, 0.05) is 18.4 Å². The highest BCUT2D eigenvalue weighted by Crippen LogP contribution is 2.25. The second-order valence-electron chi connectivity index (χ2n) is 6.35. The van der Waals surface area contributed by atoms with Crippen LogP contribution in [0.3, 0.4) is 0 Å². The van der Waals surface area contributed by atoms with Crippen LogP contribution in [-0.2, 0) is 13.5 Å². The van der Waals surface area contributed by atoms with Crippen molar-refractivity contribution >= 4 is 11.8 Å². The molecule has 0 unspecified atom stereocenters. The summed E-state index contributed by atoms with van der Waals surface area (Å²) >= 11 is 1.42. The molecule has 1 aromatic heterocycles. The van der Waals surface area contributed by atoms with E-state index >= 15 is 0 Å². The van der Waals surface area contributed by atoms with Crippen LogP contribution in [0.2, 0.25) is 0 Å². The number of aliphatic hydroxyl groups is 1. The first-order valence-corrected chi connectivity index (χ1v) is 10.0. The largest absolute Gasteiger partial charge is 0.497 e. The van der Waals surface area contributed by atoms with Crippen molar-refractivity contribution in [1.82, 2.24) is 14.8 Å². The molecule has 29 heavy (non-hydrogen) atoms. The normalized spacial score (nSPS) is 11.7. The number of nitrogens with zero attached hydrogens (tertiary/aromatic N) is 4. The third-order valence-electron chi connectivity index (χ3n) is 4.24. The summed E-state index contributed by atoms with van der Waals surface area (Å²) in [4.78, 5) is 0. The molecule has 0 aliphatic heterocycles. The average Bonchev–Trinajstić information content (AvgIpc) is 3.12. The van der Waals surface area contributed by atoms with Crippen molar-refractivity contribution in [3.63, 3.8) is 0 Å². The standard InChI is InChI=1S/C21H22N4O3S/c1-25-20(16-5-9-18(27-2)10-6-16)23-24-21(25)29-14-17(26)13-28-19-7-3-15(4-8-19)11-12-22/h3-10,17,26H,11,13-14H2,1-2H3/t17-/m1/s1. The van der Waals surface area contributed by atoms with Crippen LogP contribution in [0.25, 0.3) is 11.4 Å². The molecule has 1 atom stereocenters. The van der Waals surface area contributed by atoms with Crippen molar-refractivity contribution in [3.05, 3.63) is 54.1 Å². The molecule has 0 fully saturated rings. The molecule has 2 aromatic carbocycles. The van der Waals surface area contributed by atoms with Gasteiger partial charge in [-0.3, -0.25) is 0 Å². The molecule has 3 aromatic rings. The first-order valence-electron chi connectivity index (χ1n) is 9.04. The molecule has 1 N–H and O–H groups in total. The first-order chi connectivity index (χ1) is 14.1. The molecule has 0 amide bonds. The Balaban J connectivity index is 1.51. The van der Waals surface area contributed by atoms with Crippen LogP contribution in [0, 0.1) is 11.3 Å². The summed E-state index contributed by atoms with van der Waals surface area (Å²) in [5.41, 5.74) is 1.88. The third-order valence-corrected chi connectivity index (χ3v) is 5.40. The minimum absolute atomic E-state index is 0.174. The van der Waals surface area contributed by atoms with Crippen LogP contribution in [0.15, 0.2) is 53.7 Å². The van der Waals surface area contributed by atoms with Gasteiger partial charge in [-0.25, -0.2) is 0 Å². The summed E-state index contributed by atoms with van der Waals surface area (Å²) < 4.78 is 12.7. The molecular formula is C21H22N4O3S. The lowest BCUT2D eigenvalue weighted by Gasteiger charge is -2.12. The molecule has 1 heterocycles. The summed E-state index contributed by atoms with van der Waals surface area (Å²) in [6, 6.07) is 17.0. The fraction of sp³-hybridized carbons (Fsp3) is 0.286. The predicted molar refractivity (Wildman–Crippen MR) is 111 cm³/mol. The van der Waals surface area contributed by atoms with E-state index in [0.29, 0.717) is 17.9 Å². The van der Waals surface area contributed by atoms with Crippen molar-refractivity contribution in [2.75, 3.05) is 19.5 Å². The zero-order chi connectivity index (χ0) is 20.6. The number of aliphatic hydroxyl groups excluding tert-OH is 1. The quantitative estimate of drug-likeness (QED) is 0.542. The Morgan fingerprint density at radius 2 is 1.79 bits per heavy atom. The molecule has 0 saturated heterocycles. The summed E-state index contributed by atoms with van der Waals surface area (Å²) in [5.74, 6) is 2.63. The fourth-order valence-corrected chi connectivity index (χ4v) is 3.45. The maximum atomic E-state index is 10.2. The van der Waals surface area contributed by atoms with Gasteiger partial charge in [-0.15, -0.1) is 10.2 Å². The summed E-state index contributed by atoms with van der Waals surface area (Å²) in [6.45, 7) is 0.174. The highest BCUT2D eigenvalue weighted by Gasteiger charge is 2.14. The molecule has 0 aliphatic carbocycles. The monoisotopic (exact) mass is 410 g/mol. The van der Waals surface area contributed by atoms with Crippen LogP contribution >= 0.6 is 11.8 Å². The zero-order valence-corrected chi connectivity index (χ0v) is 17.1. The molecule has 7 nitrogen and oxygen atoms in total. The number of nitriles is 1. The van der Waals surface area contributed by atoms with Crippen LogP contribution in [0.4, 0.5) is 0 Å². The second kappa shape index (κ2) is 9.96. The van der Waals surface area contributed by atoms with Gasteiger partial charge in [-0.2, -0.15) is 5.26 Å². The van der Waals surface area contributed by atoms with Crippen LogP contribution < -0.4 is 9.47 Å². The van der Waals surface area contributed by atoms with Gasteiger partial charge in [0.2, 0.25) is 0 Å². The number of hydrogen-bond acceptors (Lipinski definition) is 7. The Morgan fingerprint density at radius 3 is 2.45 bits per heavy atom. The van der Waals surface area contributed by atoms with E-state index in [2.05, 4.69) is 16.3 Å². The van der Waals surface area contributed by atoms with E-state index in [9.17, 15) is 5.11 Å². The minimum atomic E-state index is -0.653. The topological polar surface area (TPSA) is 93.2 Å². The Labute approximate surface area is 173 Å². The third kappa shape index (κ3) is 5.50. The van der Waals surface area contributed by atoms with Gasteiger partial charge in [0.1, 0.15) is 18.1 Å². The second-order valence-corrected chi connectivity index (χ2v) is 7.34. The Kier molecular flexibility index (Phi) is 7.11. The fourth-order valence-electron chi connectivity index (χ4n) is 2.64. The highest BCUT2D eigenvalue weighted by atomic mass is 32.2. The van der Waals surface area contributed by atoms with E-state index in [1.54, 1.807) is 19.2 Å². The van der Waals surface area contributed by atoms with Gasteiger partial charge in [-0.1, -0.05) is 23.9 Å². The molecule has 0 aliphatic rings. The van der Waals surface area contributed by atoms with E-state index in [0.717, 1.165) is 27.9 Å². The minimum Gasteiger partial charge on any atom is -0.497 e. The molecule has 0 spiro atoms. The maximum Gasteiger partial charge on any atom is 0.191 e. The van der Waals surface area contributed by atoms with E-state index in [1.807, 2.05) is 48.0 Å². The van der Waals surface area contributed by atoms with Crippen LogP contribution in [0.1, 0.15) is 5.56 Å². The molecule has 0 saturated carbocycles. The van der Waals surface area contributed by atoms with Gasteiger partial charge in [0.25, 0.3) is 0 Å². The van der Waals surface area contributed by atoms with Gasteiger partial charge in [-0.05, 0) is 42.0 Å². The van der Waals surface area contributed by atoms with Crippen molar-refractivity contribution in [2.45, 2.75) is 17.7 Å². The molecule has 0 bridgehead atoms. The number of thioether (sulfide) groups is 1. The smallest absolute Gasteiger partial charge is 0.191 e. The molecule has 0 radical (unpaired) electrons. The molecule has 8 heteroatoms. The number of rotatable bonds is 9. The summed E-state index contributed by atoms with van der Waals surface area (Å²) in [5, 5.41) is 28.1. The van der Waals surface area contributed by atoms with E-state index < -0.39 is 6.10 Å². The molecule has 3 rings (SSSR count). The summed E-state index contributed by atoms with van der Waals surface area (Å²) in [6.07, 6.45) is -0.282. The molecular weight excluding hydrogens is 388 g/mol. The number of hydrogen-bond donors (Lipinski definition) is 1. The first kappa shape index (κ1) is 20.7. The van der Waals surface area contributed by atoms with Gasteiger partial charge >= 0.3 is 0 Å². The lowest BCUT2D eigenvalue weighted by Crippen LogP contribution is -2.20. The van der Waals surface area contributed by atoms with Crippen LogP contribution in [-0.4, -0.2) is 45.4 Å². The SMILES string of the molecule is COc1ccc(-c2nnc(SC[C@H](O)COc3ccc(CC#N)cc3)n2C)cc1. The van der Waals surface area contributed by atoms with Gasteiger partial charge in [0.05, 0.1) is 25.7 Å². The van der Waals surface area contributed by atoms with E-state index in [-0.39, 0.29) is 6.61 Å². The predicted octanol–water partition coefficient (Wildman–Crippen LogP) is 3.09. The number of ether oxygens (including phenoxy) is 2. The van der Waals surface area contributed by atoms with Gasteiger partial charge < -0.3 is 19.1 Å². The van der Waals surface area contributed by atoms with Crippen molar-refractivity contribution in [2.24, 2.45) is 7.05 Å². The van der Waals surface area contributed by atoms with E-state index in [1.165, 1.54) is 11.8 Å². The lowest BCUT2D eigenvalue weighted by atomic mass is 10.2. The van der Waals surface area contributed by atoms with Crippen molar-refractivity contribution in [3.8, 4) is 29.0 Å². The van der Waals surface area contributed by atoms with Crippen LogP contribution in [0.5, 0.6) is 11.5 Å². The number of methoxy groups -OCH3 is 1. The number of aromatic nitrogens is 3. The highest BCUT2D eigenvalue weighted by molar-refractivity contribution is 7.99. The van der Waals surface area contributed by atoms with Crippen molar-refractivity contribution < 1.29 is 14.6 Å².